The Hall–Kier alpha value is -3.16. The van der Waals surface area contributed by atoms with Gasteiger partial charge in [-0.1, -0.05) is 42.5 Å². The van der Waals surface area contributed by atoms with Gasteiger partial charge in [0.1, 0.15) is 5.75 Å². The minimum Gasteiger partial charge on any atom is -0.481 e. The summed E-state index contributed by atoms with van der Waals surface area (Å²) in [5, 5.41) is 2.75. The van der Waals surface area contributed by atoms with Gasteiger partial charge in [0.15, 0.2) is 6.10 Å². The van der Waals surface area contributed by atoms with Crippen LogP contribution in [0.3, 0.4) is 0 Å². The number of hydrogen-bond acceptors (Lipinski definition) is 4. The molecule has 0 bridgehead atoms. The number of aryl methyl sites for hydroxylation is 2. The van der Waals surface area contributed by atoms with E-state index in [1.54, 1.807) is 19.1 Å². The average Bonchev–Trinajstić information content (AvgIpc) is 2.76. The summed E-state index contributed by atoms with van der Waals surface area (Å²) in [6.45, 7) is 5.75. The molecule has 3 rings (SSSR count). The summed E-state index contributed by atoms with van der Waals surface area (Å²) in [6.07, 6.45) is -0.712. The first kappa shape index (κ1) is 22.5. The number of carbonyl (C=O) groups is 1. The van der Waals surface area contributed by atoms with E-state index in [9.17, 15) is 13.2 Å². The molecule has 0 aliphatic rings. The summed E-state index contributed by atoms with van der Waals surface area (Å²) in [6, 6.07) is 21.1. The highest BCUT2D eigenvalue weighted by Crippen LogP contribution is 2.21. The second kappa shape index (κ2) is 9.76. The number of carbonyl (C=O) groups excluding carboxylic acids is 1. The van der Waals surface area contributed by atoms with Crippen LogP contribution in [0.15, 0.2) is 77.7 Å². The molecule has 1 amide bonds. The summed E-state index contributed by atoms with van der Waals surface area (Å²) < 4.78 is 33.3. The molecular weight excluding hydrogens is 412 g/mol. The summed E-state index contributed by atoms with van der Waals surface area (Å²) in [5.41, 5.74) is 3.35. The summed E-state index contributed by atoms with van der Waals surface area (Å²) in [4.78, 5) is 12.6. The van der Waals surface area contributed by atoms with Crippen molar-refractivity contribution in [3.63, 3.8) is 0 Å². The fourth-order valence-electron chi connectivity index (χ4n) is 2.90. The Morgan fingerprint density at radius 3 is 2.32 bits per heavy atom. The maximum absolute atomic E-state index is 12.5. The zero-order valence-electron chi connectivity index (χ0n) is 17.8. The van der Waals surface area contributed by atoms with Crippen LogP contribution in [-0.4, -0.2) is 20.4 Å². The van der Waals surface area contributed by atoms with Gasteiger partial charge in [0.25, 0.3) is 5.91 Å². The van der Waals surface area contributed by atoms with Crippen LogP contribution < -0.4 is 14.8 Å². The zero-order valence-corrected chi connectivity index (χ0v) is 18.6. The molecule has 0 fully saturated rings. The molecule has 0 spiro atoms. The van der Waals surface area contributed by atoms with Gasteiger partial charge in [-0.25, -0.2) is 13.1 Å². The van der Waals surface area contributed by atoms with Gasteiger partial charge < -0.3 is 10.1 Å². The molecule has 0 saturated carbocycles. The molecule has 31 heavy (non-hydrogen) atoms. The maximum Gasteiger partial charge on any atom is 0.265 e. The molecule has 1 unspecified atom stereocenters. The van der Waals surface area contributed by atoms with Crippen LogP contribution in [0.25, 0.3) is 0 Å². The second-order valence-corrected chi connectivity index (χ2v) is 9.12. The first-order chi connectivity index (χ1) is 14.7. The molecule has 162 valence electrons. The van der Waals surface area contributed by atoms with Crippen LogP contribution in [-0.2, 0) is 21.4 Å². The standard InChI is InChI=1S/C24H26N2O4S/c1-17-9-10-18(2)23(15-17)30-19(3)24(27)26-21-11-13-22(14-12-21)31(28,29)25-16-20-7-5-4-6-8-20/h4-15,19,25H,16H2,1-3H3,(H,26,27). The third-order valence-corrected chi connectivity index (χ3v) is 6.18. The van der Waals surface area contributed by atoms with Gasteiger partial charge in [-0.2, -0.15) is 0 Å². The van der Waals surface area contributed by atoms with E-state index in [0.29, 0.717) is 11.4 Å². The molecule has 0 heterocycles. The molecule has 3 aromatic rings. The van der Waals surface area contributed by atoms with Crippen molar-refractivity contribution < 1.29 is 17.9 Å². The van der Waals surface area contributed by atoms with E-state index in [1.165, 1.54) is 12.1 Å². The van der Waals surface area contributed by atoms with Crippen molar-refractivity contribution in [3.05, 3.63) is 89.5 Å². The van der Waals surface area contributed by atoms with Crippen molar-refractivity contribution in [1.82, 2.24) is 4.72 Å². The number of anilines is 1. The van der Waals surface area contributed by atoms with Crippen LogP contribution in [0.4, 0.5) is 5.69 Å². The Kier molecular flexibility index (Phi) is 7.09. The van der Waals surface area contributed by atoms with Crippen molar-refractivity contribution in [2.24, 2.45) is 0 Å². The zero-order chi connectivity index (χ0) is 22.4. The first-order valence-corrected chi connectivity index (χ1v) is 11.4. The van der Waals surface area contributed by atoms with Crippen molar-refractivity contribution in [3.8, 4) is 5.75 Å². The van der Waals surface area contributed by atoms with Crippen LogP contribution in [0.5, 0.6) is 5.75 Å². The lowest BCUT2D eigenvalue weighted by molar-refractivity contribution is -0.122. The predicted molar refractivity (Wildman–Crippen MR) is 122 cm³/mol. The van der Waals surface area contributed by atoms with Crippen molar-refractivity contribution in [2.75, 3.05) is 5.32 Å². The summed E-state index contributed by atoms with van der Waals surface area (Å²) in [7, 11) is -3.66. The lowest BCUT2D eigenvalue weighted by atomic mass is 10.1. The van der Waals surface area contributed by atoms with E-state index in [2.05, 4.69) is 10.0 Å². The molecular formula is C24H26N2O4S. The molecule has 3 aromatic carbocycles. The average molecular weight is 439 g/mol. The maximum atomic E-state index is 12.5. The number of hydrogen-bond donors (Lipinski definition) is 2. The number of nitrogens with one attached hydrogen (secondary N) is 2. The van der Waals surface area contributed by atoms with E-state index in [0.717, 1.165) is 16.7 Å². The highest BCUT2D eigenvalue weighted by molar-refractivity contribution is 7.89. The Morgan fingerprint density at radius 1 is 0.968 bits per heavy atom. The number of rotatable bonds is 8. The van der Waals surface area contributed by atoms with Gasteiger partial charge in [-0.3, -0.25) is 4.79 Å². The molecule has 1 atom stereocenters. The van der Waals surface area contributed by atoms with Crippen LogP contribution in [0.2, 0.25) is 0 Å². The van der Waals surface area contributed by atoms with Crippen LogP contribution >= 0.6 is 0 Å². The topological polar surface area (TPSA) is 84.5 Å². The second-order valence-electron chi connectivity index (χ2n) is 7.35. The van der Waals surface area contributed by atoms with Gasteiger partial charge in [-0.15, -0.1) is 0 Å². The number of ether oxygens (including phenoxy) is 1. The van der Waals surface area contributed by atoms with Crippen molar-refractivity contribution >= 4 is 21.6 Å². The van der Waals surface area contributed by atoms with E-state index in [1.807, 2.05) is 62.4 Å². The van der Waals surface area contributed by atoms with Gasteiger partial charge in [0.05, 0.1) is 4.90 Å². The lowest BCUT2D eigenvalue weighted by Gasteiger charge is -2.17. The number of amides is 1. The quantitative estimate of drug-likeness (QED) is 0.552. The van der Waals surface area contributed by atoms with E-state index >= 15 is 0 Å². The predicted octanol–water partition coefficient (Wildman–Crippen LogP) is 4.19. The monoisotopic (exact) mass is 438 g/mol. The number of sulfonamides is 1. The Bertz CT molecular complexity index is 1140. The third-order valence-electron chi connectivity index (χ3n) is 4.76. The molecule has 0 radical (unpaired) electrons. The largest absolute Gasteiger partial charge is 0.481 e. The molecule has 0 aliphatic carbocycles. The van der Waals surface area contributed by atoms with Crippen molar-refractivity contribution in [2.45, 2.75) is 38.3 Å². The van der Waals surface area contributed by atoms with Gasteiger partial charge in [0.2, 0.25) is 10.0 Å². The fourth-order valence-corrected chi connectivity index (χ4v) is 3.91. The van der Waals surface area contributed by atoms with E-state index in [-0.39, 0.29) is 17.3 Å². The first-order valence-electron chi connectivity index (χ1n) is 9.93. The fraction of sp³-hybridized carbons (Fsp3) is 0.208. The Labute approximate surface area is 183 Å². The summed E-state index contributed by atoms with van der Waals surface area (Å²) in [5.74, 6) is 0.340. The van der Waals surface area contributed by atoms with E-state index in [4.69, 9.17) is 4.74 Å². The highest BCUT2D eigenvalue weighted by atomic mass is 32.2. The molecule has 0 aliphatic heterocycles. The molecule has 0 saturated heterocycles. The van der Waals surface area contributed by atoms with Crippen LogP contribution in [0, 0.1) is 13.8 Å². The lowest BCUT2D eigenvalue weighted by Crippen LogP contribution is -2.30. The normalized spacial score (nSPS) is 12.2. The van der Waals surface area contributed by atoms with Gasteiger partial charge in [-0.05, 0) is 67.8 Å². The third kappa shape index (κ3) is 6.16. The Balaban J connectivity index is 1.60. The van der Waals surface area contributed by atoms with Crippen molar-refractivity contribution in [1.29, 1.82) is 0 Å². The molecule has 6 nitrogen and oxygen atoms in total. The minimum absolute atomic E-state index is 0.126. The van der Waals surface area contributed by atoms with Crippen LogP contribution in [0.1, 0.15) is 23.6 Å². The SMILES string of the molecule is Cc1ccc(C)c(OC(C)C(=O)Nc2ccc(S(=O)(=O)NCc3ccccc3)cc2)c1. The van der Waals surface area contributed by atoms with Gasteiger partial charge in [0, 0.05) is 12.2 Å². The Morgan fingerprint density at radius 2 is 1.65 bits per heavy atom. The molecule has 0 aromatic heterocycles. The molecule has 7 heteroatoms. The highest BCUT2D eigenvalue weighted by Gasteiger charge is 2.17. The minimum atomic E-state index is -3.66. The number of benzene rings is 3. The summed E-state index contributed by atoms with van der Waals surface area (Å²) >= 11 is 0. The van der Waals surface area contributed by atoms with Gasteiger partial charge >= 0.3 is 0 Å². The van der Waals surface area contributed by atoms with E-state index < -0.39 is 16.1 Å². The molecule has 2 N–H and O–H groups in total. The smallest absolute Gasteiger partial charge is 0.265 e.